The maximum atomic E-state index is 12.2. The lowest BCUT2D eigenvalue weighted by molar-refractivity contribution is -0.206. The molecule has 1 aromatic rings. The number of rotatable bonds is 6. The number of aliphatic hydroxyl groups is 1. The number of halogens is 3. The van der Waals surface area contributed by atoms with E-state index in [0.29, 0.717) is 18.1 Å². The Hall–Kier alpha value is -2.09. The average Bonchev–Trinajstić information content (AvgIpc) is 2.88. The van der Waals surface area contributed by atoms with Gasteiger partial charge in [-0.2, -0.15) is 13.2 Å². The van der Waals surface area contributed by atoms with Crippen LogP contribution in [0.5, 0.6) is 5.75 Å². The number of hydrogen-bond donors (Lipinski definition) is 1. The molecule has 1 aromatic carbocycles. The summed E-state index contributed by atoms with van der Waals surface area (Å²) in [5, 5.41) is 8.91. The molecule has 1 aliphatic rings. The Morgan fingerprint density at radius 2 is 2.04 bits per heavy atom. The van der Waals surface area contributed by atoms with E-state index in [1.807, 2.05) is 11.8 Å². The van der Waals surface area contributed by atoms with Crippen LogP contribution in [0.4, 0.5) is 18.9 Å². The van der Waals surface area contributed by atoms with Crippen LogP contribution in [0.3, 0.4) is 0 Å². The summed E-state index contributed by atoms with van der Waals surface area (Å²) in [6.07, 6.45) is -6.11. The van der Waals surface area contributed by atoms with Gasteiger partial charge in [-0.15, -0.1) is 0 Å². The van der Waals surface area contributed by atoms with Gasteiger partial charge in [0.15, 0.2) is 18.1 Å². The number of aliphatic hydroxyl groups excluding tert-OH is 1. The molecule has 0 saturated carbocycles. The second-order valence-corrected chi connectivity index (χ2v) is 5.35. The highest BCUT2D eigenvalue weighted by Gasteiger charge is 2.37. The van der Waals surface area contributed by atoms with Crippen molar-refractivity contribution in [1.29, 1.82) is 0 Å². The Morgan fingerprint density at radius 3 is 2.62 bits per heavy atom. The number of ether oxygens (including phenoxy) is 3. The minimum Gasteiger partial charge on any atom is -0.501 e. The second-order valence-electron chi connectivity index (χ2n) is 5.35. The Kier molecular flexibility index (Phi) is 5.82. The third-order valence-corrected chi connectivity index (χ3v) is 3.54. The Bertz CT molecular complexity index is 559. The number of alkyl halides is 3. The molecule has 0 amide bonds. The fourth-order valence-corrected chi connectivity index (χ4v) is 2.30. The van der Waals surface area contributed by atoms with Gasteiger partial charge in [-0.25, -0.2) is 0 Å². The van der Waals surface area contributed by atoms with Crippen LogP contribution in [0.25, 0.3) is 0 Å². The van der Waals surface area contributed by atoms with Crippen molar-refractivity contribution in [2.75, 3.05) is 25.2 Å². The van der Waals surface area contributed by atoms with Crippen molar-refractivity contribution in [1.82, 2.24) is 0 Å². The SMILES string of the molecule is CO/C=C1\CN(c2ccc(OCC[C@@H](O)C(F)(F)F)cc2)C(C)O1. The first-order chi connectivity index (χ1) is 11.3. The minimum absolute atomic E-state index is 0.153. The van der Waals surface area contributed by atoms with E-state index in [2.05, 4.69) is 0 Å². The van der Waals surface area contributed by atoms with Gasteiger partial charge in [0.1, 0.15) is 12.0 Å². The van der Waals surface area contributed by atoms with Crippen molar-refractivity contribution >= 4 is 5.69 Å². The maximum absolute atomic E-state index is 12.2. The van der Waals surface area contributed by atoms with E-state index in [9.17, 15) is 13.2 Å². The smallest absolute Gasteiger partial charge is 0.414 e. The lowest BCUT2D eigenvalue weighted by Gasteiger charge is -2.21. The predicted molar refractivity (Wildman–Crippen MR) is 81.6 cm³/mol. The third kappa shape index (κ3) is 4.70. The molecule has 0 radical (unpaired) electrons. The van der Waals surface area contributed by atoms with Crippen LogP contribution in [0, 0.1) is 0 Å². The first kappa shape index (κ1) is 18.3. The molecule has 2 atom stereocenters. The summed E-state index contributed by atoms with van der Waals surface area (Å²) in [4.78, 5) is 2.00. The zero-order valence-electron chi connectivity index (χ0n) is 13.4. The first-order valence-electron chi connectivity index (χ1n) is 7.44. The van der Waals surface area contributed by atoms with Crippen molar-refractivity contribution in [3.05, 3.63) is 36.3 Å². The standard InChI is InChI=1S/C16H20F3NO4/c1-11-20(9-14(24-11)10-22-2)12-3-5-13(6-4-12)23-8-7-15(21)16(17,18)19/h3-6,10-11,15,21H,7-9H2,1-2H3/b14-10+/t11?,15-/m1/s1. The van der Waals surface area contributed by atoms with E-state index < -0.39 is 18.7 Å². The van der Waals surface area contributed by atoms with E-state index in [1.165, 1.54) is 0 Å². The largest absolute Gasteiger partial charge is 0.501 e. The lowest BCUT2D eigenvalue weighted by Crippen LogP contribution is -2.30. The van der Waals surface area contributed by atoms with E-state index >= 15 is 0 Å². The van der Waals surface area contributed by atoms with Crippen LogP contribution in [0.2, 0.25) is 0 Å². The predicted octanol–water partition coefficient (Wildman–Crippen LogP) is 3.05. The molecule has 0 spiro atoms. The molecule has 0 aromatic heterocycles. The summed E-state index contributed by atoms with van der Waals surface area (Å²) < 4.78 is 52.3. The number of benzene rings is 1. The van der Waals surface area contributed by atoms with Crippen LogP contribution in [-0.2, 0) is 9.47 Å². The van der Waals surface area contributed by atoms with Crippen LogP contribution >= 0.6 is 0 Å². The fraction of sp³-hybridized carbons (Fsp3) is 0.500. The number of nitrogens with zero attached hydrogens (tertiary/aromatic N) is 1. The maximum Gasteiger partial charge on any atom is 0.414 e. The van der Waals surface area contributed by atoms with Gasteiger partial charge in [0.25, 0.3) is 0 Å². The van der Waals surface area contributed by atoms with Gasteiger partial charge in [-0.1, -0.05) is 0 Å². The quantitative estimate of drug-likeness (QED) is 0.802. The first-order valence-corrected chi connectivity index (χ1v) is 7.44. The zero-order chi connectivity index (χ0) is 17.7. The second kappa shape index (κ2) is 7.65. The number of hydrogen-bond acceptors (Lipinski definition) is 5. The highest BCUT2D eigenvalue weighted by atomic mass is 19.4. The van der Waals surface area contributed by atoms with Crippen molar-refractivity contribution in [2.24, 2.45) is 0 Å². The lowest BCUT2D eigenvalue weighted by atomic mass is 10.2. The molecule has 1 saturated heterocycles. The molecule has 1 aliphatic heterocycles. The van der Waals surface area contributed by atoms with E-state index in [0.717, 1.165) is 5.69 Å². The van der Waals surface area contributed by atoms with Crippen LogP contribution in [0.1, 0.15) is 13.3 Å². The summed E-state index contributed by atoms with van der Waals surface area (Å²) >= 11 is 0. The van der Waals surface area contributed by atoms with Crippen molar-refractivity contribution in [2.45, 2.75) is 31.9 Å². The zero-order valence-corrected chi connectivity index (χ0v) is 13.4. The van der Waals surface area contributed by atoms with Gasteiger partial charge in [0, 0.05) is 12.1 Å². The van der Waals surface area contributed by atoms with Gasteiger partial charge in [0.2, 0.25) is 0 Å². The molecule has 5 nitrogen and oxygen atoms in total. The van der Waals surface area contributed by atoms with Gasteiger partial charge in [-0.3, -0.25) is 0 Å². The minimum atomic E-state index is -4.62. The molecular formula is C16H20F3NO4. The third-order valence-electron chi connectivity index (χ3n) is 3.54. The molecule has 0 aliphatic carbocycles. The van der Waals surface area contributed by atoms with Crippen molar-refractivity contribution < 1.29 is 32.5 Å². The molecule has 24 heavy (non-hydrogen) atoms. The average molecular weight is 347 g/mol. The highest BCUT2D eigenvalue weighted by Crippen LogP contribution is 2.28. The summed E-state index contributed by atoms with van der Waals surface area (Å²) in [7, 11) is 1.55. The van der Waals surface area contributed by atoms with Gasteiger partial charge < -0.3 is 24.2 Å². The topological polar surface area (TPSA) is 51.2 Å². The molecule has 1 heterocycles. The van der Waals surface area contributed by atoms with Crippen LogP contribution < -0.4 is 9.64 Å². The summed E-state index contributed by atoms with van der Waals surface area (Å²) in [5.41, 5.74) is 0.893. The molecular weight excluding hydrogens is 327 g/mol. The van der Waals surface area contributed by atoms with Crippen molar-refractivity contribution in [3.8, 4) is 5.75 Å². The van der Waals surface area contributed by atoms with E-state index in [4.69, 9.17) is 19.3 Å². The molecule has 1 unspecified atom stereocenters. The van der Waals surface area contributed by atoms with Crippen molar-refractivity contribution in [3.63, 3.8) is 0 Å². The molecule has 8 heteroatoms. The number of methoxy groups -OCH3 is 1. The Morgan fingerprint density at radius 1 is 1.38 bits per heavy atom. The van der Waals surface area contributed by atoms with Gasteiger partial charge >= 0.3 is 6.18 Å². The molecule has 0 bridgehead atoms. The Balaban J connectivity index is 1.88. The molecule has 2 rings (SSSR count). The van der Waals surface area contributed by atoms with Crippen LogP contribution in [-0.4, -0.2) is 43.9 Å². The van der Waals surface area contributed by atoms with E-state index in [-0.39, 0.29) is 12.8 Å². The molecule has 1 fully saturated rings. The van der Waals surface area contributed by atoms with Gasteiger partial charge in [0.05, 0.1) is 20.3 Å². The normalized spacial score (nSPS) is 20.8. The van der Waals surface area contributed by atoms with Crippen LogP contribution in [0.15, 0.2) is 36.3 Å². The fourth-order valence-electron chi connectivity index (χ4n) is 2.30. The monoisotopic (exact) mass is 347 g/mol. The Labute approximate surface area is 138 Å². The highest BCUT2D eigenvalue weighted by molar-refractivity contribution is 5.51. The van der Waals surface area contributed by atoms with Gasteiger partial charge in [-0.05, 0) is 31.2 Å². The van der Waals surface area contributed by atoms with E-state index in [1.54, 1.807) is 37.6 Å². The number of anilines is 1. The molecule has 134 valence electrons. The summed E-state index contributed by atoms with van der Waals surface area (Å²) in [6.45, 7) is 2.25. The summed E-state index contributed by atoms with van der Waals surface area (Å²) in [5.74, 6) is 1.15. The summed E-state index contributed by atoms with van der Waals surface area (Å²) in [6, 6.07) is 6.93. The molecule has 1 N–H and O–H groups in total.